The van der Waals surface area contributed by atoms with Gasteiger partial charge in [0.2, 0.25) is 5.91 Å². The number of piperidine rings is 1. The number of nitrogens with two attached hydrogens (primary N) is 1. The lowest BCUT2D eigenvalue weighted by molar-refractivity contribution is -0.384. The Bertz CT molecular complexity index is 619. The molecule has 0 radical (unpaired) electrons. The number of primary amides is 1. The van der Waals surface area contributed by atoms with Gasteiger partial charge >= 0.3 is 0 Å². The zero-order valence-corrected chi connectivity index (χ0v) is 12.6. The number of nitrogens with zero attached hydrogens (tertiary/aromatic N) is 3. The lowest BCUT2D eigenvalue weighted by Gasteiger charge is -2.37. The summed E-state index contributed by atoms with van der Waals surface area (Å²) in [6.45, 7) is 2.82. The molecule has 0 saturated carbocycles. The third-order valence-electron chi connectivity index (χ3n) is 4.83. The van der Waals surface area contributed by atoms with Gasteiger partial charge in [0, 0.05) is 30.8 Å². The highest BCUT2D eigenvalue weighted by molar-refractivity contribution is 5.94. The van der Waals surface area contributed by atoms with Crippen molar-refractivity contribution >= 4 is 17.3 Å². The van der Waals surface area contributed by atoms with E-state index in [2.05, 4.69) is 16.8 Å². The van der Waals surface area contributed by atoms with E-state index in [9.17, 15) is 14.9 Å². The molecule has 22 heavy (non-hydrogen) atoms. The number of carbonyl (C=O) groups is 1. The first-order valence-electron chi connectivity index (χ1n) is 7.51. The molecule has 2 aliphatic heterocycles. The van der Waals surface area contributed by atoms with E-state index in [4.69, 9.17) is 5.73 Å². The highest BCUT2D eigenvalue weighted by atomic mass is 16.6. The molecule has 2 fully saturated rings. The molecule has 0 spiro atoms. The molecule has 0 aromatic heterocycles. The molecule has 0 bridgehead atoms. The third-order valence-corrected chi connectivity index (χ3v) is 4.83. The van der Waals surface area contributed by atoms with E-state index in [-0.39, 0.29) is 11.3 Å². The zero-order valence-electron chi connectivity index (χ0n) is 12.6. The van der Waals surface area contributed by atoms with Crippen LogP contribution in [0.1, 0.15) is 23.2 Å². The average Bonchev–Trinajstić information content (AvgIpc) is 2.89. The number of amides is 1. The van der Waals surface area contributed by atoms with Crippen LogP contribution in [0, 0.1) is 16.0 Å². The van der Waals surface area contributed by atoms with Gasteiger partial charge in [0.25, 0.3) is 5.69 Å². The first-order valence-corrected chi connectivity index (χ1v) is 7.51. The Hall–Kier alpha value is -2.15. The van der Waals surface area contributed by atoms with Gasteiger partial charge in [0.05, 0.1) is 4.92 Å². The average molecular weight is 304 g/mol. The van der Waals surface area contributed by atoms with Crippen LogP contribution in [-0.2, 0) is 0 Å². The Morgan fingerprint density at radius 2 is 2.09 bits per heavy atom. The minimum Gasteiger partial charge on any atom is -0.366 e. The van der Waals surface area contributed by atoms with E-state index >= 15 is 0 Å². The molecule has 0 aliphatic carbocycles. The molecule has 2 N–H and O–H groups in total. The van der Waals surface area contributed by atoms with Crippen molar-refractivity contribution in [3.63, 3.8) is 0 Å². The molecule has 7 nitrogen and oxygen atoms in total. The second-order valence-electron chi connectivity index (χ2n) is 6.19. The highest BCUT2D eigenvalue weighted by Crippen LogP contribution is 2.39. The predicted octanol–water partition coefficient (Wildman–Crippen LogP) is 1.22. The second kappa shape index (κ2) is 5.57. The molecule has 2 aliphatic rings. The summed E-state index contributed by atoms with van der Waals surface area (Å²) >= 11 is 0. The van der Waals surface area contributed by atoms with Gasteiger partial charge in [-0.15, -0.1) is 0 Å². The van der Waals surface area contributed by atoms with Crippen LogP contribution >= 0.6 is 0 Å². The normalized spacial score (nSPS) is 25.0. The van der Waals surface area contributed by atoms with Gasteiger partial charge in [-0.2, -0.15) is 0 Å². The van der Waals surface area contributed by atoms with E-state index in [1.165, 1.54) is 6.07 Å². The van der Waals surface area contributed by atoms with Crippen LogP contribution in [0.15, 0.2) is 18.2 Å². The number of likely N-dealkylation sites (N-methyl/N-ethyl adjacent to an activating group) is 1. The fourth-order valence-corrected chi connectivity index (χ4v) is 3.66. The molecule has 1 amide bonds. The van der Waals surface area contributed by atoms with Gasteiger partial charge in [-0.25, -0.2) is 0 Å². The third kappa shape index (κ3) is 2.52. The Balaban J connectivity index is 1.97. The molecular formula is C15H20N4O3. The molecule has 2 heterocycles. The maximum absolute atomic E-state index is 11.4. The number of nitro groups is 1. The van der Waals surface area contributed by atoms with Crippen LogP contribution in [0.3, 0.4) is 0 Å². The SMILES string of the molecule is CN1CC[C@H]2CCN(c3ccc(C(N)=O)cc3[N+](=O)[O-])[C@@H]2C1. The summed E-state index contributed by atoms with van der Waals surface area (Å²) in [7, 11) is 2.08. The number of hydrogen-bond acceptors (Lipinski definition) is 5. The van der Waals surface area contributed by atoms with Crippen LogP contribution in [0.2, 0.25) is 0 Å². The number of hydrogen-bond donors (Lipinski definition) is 1. The Kier molecular flexibility index (Phi) is 3.74. The number of rotatable bonds is 3. The van der Waals surface area contributed by atoms with Gasteiger partial charge in [-0.3, -0.25) is 14.9 Å². The second-order valence-corrected chi connectivity index (χ2v) is 6.19. The van der Waals surface area contributed by atoms with Crippen molar-refractivity contribution < 1.29 is 9.72 Å². The topological polar surface area (TPSA) is 92.7 Å². The molecule has 1 aromatic carbocycles. The highest BCUT2D eigenvalue weighted by Gasteiger charge is 2.39. The van der Waals surface area contributed by atoms with E-state index in [1.807, 2.05) is 0 Å². The first-order chi connectivity index (χ1) is 10.5. The van der Waals surface area contributed by atoms with E-state index in [0.29, 0.717) is 17.6 Å². The zero-order chi connectivity index (χ0) is 15.9. The quantitative estimate of drug-likeness (QED) is 0.669. The maximum atomic E-state index is 11.4. The molecule has 1 aromatic rings. The largest absolute Gasteiger partial charge is 0.366 e. The van der Waals surface area contributed by atoms with Crippen LogP contribution in [0.5, 0.6) is 0 Å². The van der Waals surface area contributed by atoms with Gasteiger partial charge in [0.1, 0.15) is 5.69 Å². The number of nitro benzene ring substituents is 1. The molecule has 3 rings (SSSR count). The Morgan fingerprint density at radius 1 is 1.36 bits per heavy atom. The van der Waals surface area contributed by atoms with Crippen molar-refractivity contribution in [2.24, 2.45) is 11.7 Å². The number of fused-ring (bicyclic) bond motifs is 1. The predicted molar refractivity (Wildman–Crippen MR) is 83.0 cm³/mol. The van der Waals surface area contributed by atoms with Crippen molar-refractivity contribution in [1.29, 1.82) is 0 Å². The molecule has 2 atom stereocenters. The molecule has 7 heteroatoms. The number of benzene rings is 1. The van der Waals surface area contributed by atoms with E-state index in [0.717, 1.165) is 32.5 Å². The monoisotopic (exact) mass is 304 g/mol. The minimum atomic E-state index is -0.647. The van der Waals surface area contributed by atoms with Gasteiger partial charge < -0.3 is 15.5 Å². The molecule has 2 saturated heterocycles. The summed E-state index contributed by atoms with van der Waals surface area (Å²) in [6.07, 6.45) is 2.19. The fraction of sp³-hybridized carbons (Fsp3) is 0.533. The Morgan fingerprint density at radius 3 is 2.77 bits per heavy atom. The summed E-state index contributed by atoms with van der Waals surface area (Å²) in [5, 5.41) is 11.4. The van der Waals surface area contributed by atoms with Crippen molar-refractivity contribution in [1.82, 2.24) is 4.90 Å². The van der Waals surface area contributed by atoms with E-state index in [1.54, 1.807) is 12.1 Å². The Labute approximate surface area is 128 Å². The molecule has 0 unspecified atom stereocenters. The summed E-state index contributed by atoms with van der Waals surface area (Å²) in [6, 6.07) is 4.83. The van der Waals surface area contributed by atoms with E-state index < -0.39 is 10.8 Å². The van der Waals surface area contributed by atoms with Crippen LogP contribution < -0.4 is 10.6 Å². The first kappa shape index (κ1) is 14.8. The summed E-state index contributed by atoms with van der Waals surface area (Å²) in [5.74, 6) is -0.0574. The fourth-order valence-electron chi connectivity index (χ4n) is 3.66. The van der Waals surface area contributed by atoms with Gasteiger partial charge in [-0.05, 0) is 44.5 Å². The van der Waals surface area contributed by atoms with Crippen LogP contribution in [0.25, 0.3) is 0 Å². The van der Waals surface area contributed by atoms with Gasteiger partial charge in [-0.1, -0.05) is 0 Å². The van der Waals surface area contributed by atoms with Crippen LogP contribution in [0.4, 0.5) is 11.4 Å². The van der Waals surface area contributed by atoms with Crippen molar-refractivity contribution in [3.05, 3.63) is 33.9 Å². The lowest BCUT2D eigenvalue weighted by atomic mass is 9.92. The van der Waals surface area contributed by atoms with Crippen molar-refractivity contribution in [2.75, 3.05) is 31.6 Å². The smallest absolute Gasteiger partial charge is 0.293 e. The molecule has 118 valence electrons. The standard InChI is InChI=1S/C15H20N4O3/c1-17-6-4-10-5-7-18(14(10)9-17)12-3-2-11(15(16)20)8-13(12)19(21)22/h2-3,8,10,14H,4-7,9H2,1H3,(H2,16,20)/t10-,14+/m0/s1. The number of anilines is 1. The number of likely N-dealkylation sites (tertiary alicyclic amines) is 1. The lowest BCUT2D eigenvalue weighted by Crippen LogP contribution is -2.46. The summed E-state index contributed by atoms with van der Waals surface area (Å²) < 4.78 is 0. The summed E-state index contributed by atoms with van der Waals surface area (Å²) in [5.41, 5.74) is 5.96. The van der Waals surface area contributed by atoms with Crippen molar-refractivity contribution in [3.8, 4) is 0 Å². The minimum absolute atomic E-state index is 0.0369. The van der Waals surface area contributed by atoms with Crippen LogP contribution in [-0.4, -0.2) is 48.5 Å². The molecular weight excluding hydrogens is 284 g/mol. The van der Waals surface area contributed by atoms with Crippen molar-refractivity contribution in [2.45, 2.75) is 18.9 Å². The van der Waals surface area contributed by atoms with Gasteiger partial charge in [0.15, 0.2) is 0 Å². The number of carbonyl (C=O) groups excluding carboxylic acids is 1. The maximum Gasteiger partial charge on any atom is 0.293 e. The summed E-state index contributed by atoms with van der Waals surface area (Å²) in [4.78, 5) is 26.6.